The van der Waals surface area contributed by atoms with Crippen molar-refractivity contribution in [2.24, 2.45) is 0 Å². The Labute approximate surface area is 159 Å². The SMILES string of the molecule is OC(c1cc(-c2nccs2)c2oc(N3CC4CC(C3)N4F)nc2c1)C(F)(F)F. The molecule has 3 aliphatic heterocycles. The monoisotopic (exact) mass is 414 g/mol. The van der Waals surface area contributed by atoms with Crippen LogP contribution in [0.5, 0.6) is 0 Å². The zero-order chi connectivity index (χ0) is 19.6. The average molecular weight is 414 g/mol. The number of oxazole rings is 1. The second-order valence-electron chi connectivity index (χ2n) is 6.99. The second-order valence-corrected chi connectivity index (χ2v) is 7.88. The smallest absolute Gasteiger partial charge is 0.418 e. The topological polar surface area (TPSA) is 65.6 Å². The van der Waals surface area contributed by atoms with Gasteiger partial charge in [-0.1, -0.05) is 0 Å². The standard InChI is InChI=1S/C17H14F4N4O2S/c18-17(19,20)14(26)8-3-11(15-22-1-2-28-15)13-12(4-8)23-16(27-13)24-6-9-5-10(7-24)25(9)21/h1-4,9-10,14,26H,5-7H2. The van der Waals surface area contributed by atoms with E-state index >= 15 is 0 Å². The van der Waals surface area contributed by atoms with E-state index in [2.05, 4.69) is 9.97 Å². The van der Waals surface area contributed by atoms with Gasteiger partial charge in [0.1, 0.15) is 10.5 Å². The Kier molecular flexibility index (Phi) is 3.90. The number of piperazine rings is 1. The number of nitrogens with zero attached hydrogens (tertiary/aromatic N) is 4. The van der Waals surface area contributed by atoms with Crippen LogP contribution in [-0.2, 0) is 0 Å². The molecule has 11 heteroatoms. The predicted octanol–water partition coefficient (Wildman–Crippen LogP) is 3.69. The van der Waals surface area contributed by atoms with Gasteiger partial charge in [-0.3, -0.25) is 0 Å². The van der Waals surface area contributed by atoms with E-state index in [1.54, 1.807) is 10.3 Å². The fraction of sp³-hybridized carbons (Fsp3) is 0.412. The van der Waals surface area contributed by atoms with Gasteiger partial charge in [0.05, 0.1) is 17.6 Å². The van der Waals surface area contributed by atoms with Crippen LogP contribution < -0.4 is 4.90 Å². The first-order valence-electron chi connectivity index (χ1n) is 8.59. The molecule has 5 heterocycles. The van der Waals surface area contributed by atoms with Gasteiger partial charge in [0.25, 0.3) is 6.01 Å². The van der Waals surface area contributed by atoms with E-state index in [4.69, 9.17) is 4.42 Å². The molecule has 1 N–H and O–H groups in total. The number of benzene rings is 1. The van der Waals surface area contributed by atoms with E-state index in [0.29, 0.717) is 29.2 Å². The summed E-state index contributed by atoms with van der Waals surface area (Å²) in [5.74, 6) is 0. The Morgan fingerprint density at radius 1 is 1.25 bits per heavy atom. The van der Waals surface area contributed by atoms with E-state index in [9.17, 15) is 22.8 Å². The van der Waals surface area contributed by atoms with Gasteiger partial charge in [0.2, 0.25) is 0 Å². The summed E-state index contributed by atoms with van der Waals surface area (Å²) in [6.45, 7) is 0.787. The van der Waals surface area contributed by atoms with Crippen molar-refractivity contribution in [1.82, 2.24) is 15.1 Å². The fourth-order valence-electron chi connectivity index (χ4n) is 3.76. The van der Waals surface area contributed by atoms with Gasteiger partial charge < -0.3 is 14.4 Å². The maximum Gasteiger partial charge on any atom is 0.418 e. The molecule has 6 nitrogen and oxygen atoms in total. The minimum Gasteiger partial charge on any atom is -0.423 e. The number of alkyl halides is 3. The molecule has 148 valence electrons. The highest BCUT2D eigenvalue weighted by Gasteiger charge is 2.47. The van der Waals surface area contributed by atoms with Crippen molar-refractivity contribution < 1.29 is 27.2 Å². The van der Waals surface area contributed by atoms with Crippen molar-refractivity contribution in [2.75, 3.05) is 18.0 Å². The van der Waals surface area contributed by atoms with Crippen molar-refractivity contribution in [3.63, 3.8) is 0 Å². The van der Waals surface area contributed by atoms with Gasteiger partial charge >= 0.3 is 6.18 Å². The third kappa shape index (κ3) is 2.76. The third-order valence-electron chi connectivity index (χ3n) is 5.16. The molecule has 1 aromatic carbocycles. The number of aliphatic hydroxyl groups is 1. The van der Waals surface area contributed by atoms with Gasteiger partial charge in [-0.2, -0.15) is 18.2 Å². The number of rotatable bonds is 3. The van der Waals surface area contributed by atoms with Crippen LogP contribution in [0.25, 0.3) is 21.7 Å². The first kappa shape index (κ1) is 17.8. The molecule has 0 saturated carbocycles. The van der Waals surface area contributed by atoms with Crippen LogP contribution in [-0.4, -0.2) is 51.5 Å². The van der Waals surface area contributed by atoms with E-state index < -0.39 is 12.3 Å². The maximum absolute atomic E-state index is 13.6. The molecule has 3 atom stereocenters. The van der Waals surface area contributed by atoms with Crippen molar-refractivity contribution >= 4 is 28.5 Å². The number of thiazole rings is 1. The molecule has 3 unspecified atom stereocenters. The van der Waals surface area contributed by atoms with Crippen LogP contribution in [0.1, 0.15) is 18.1 Å². The van der Waals surface area contributed by atoms with Gasteiger partial charge in [-0.25, -0.2) is 4.98 Å². The lowest BCUT2D eigenvalue weighted by Gasteiger charge is -2.50. The van der Waals surface area contributed by atoms with Gasteiger partial charge in [-0.05, 0) is 24.1 Å². The molecule has 2 bridgehead atoms. The van der Waals surface area contributed by atoms with Gasteiger partial charge in [0, 0.05) is 24.7 Å². The molecule has 3 saturated heterocycles. The zero-order valence-corrected chi connectivity index (χ0v) is 15.0. The largest absolute Gasteiger partial charge is 0.423 e. The number of hydrogen-bond acceptors (Lipinski definition) is 7. The van der Waals surface area contributed by atoms with Crippen LogP contribution in [0.15, 0.2) is 28.1 Å². The number of aromatic nitrogens is 2. The van der Waals surface area contributed by atoms with Crippen LogP contribution in [0, 0.1) is 0 Å². The molecular weight excluding hydrogens is 400 g/mol. The van der Waals surface area contributed by atoms with Crippen molar-refractivity contribution in [2.45, 2.75) is 30.8 Å². The summed E-state index contributed by atoms with van der Waals surface area (Å²) in [4.78, 5) is 10.3. The molecule has 2 aromatic heterocycles. The summed E-state index contributed by atoms with van der Waals surface area (Å²) in [5, 5.41) is 12.7. The quantitative estimate of drug-likeness (QED) is 0.521. The van der Waals surface area contributed by atoms with Crippen LogP contribution in [0.3, 0.4) is 0 Å². The first-order valence-corrected chi connectivity index (χ1v) is 9.47. The van der Waals surface area contributed by atoms with Crippen molar-refractivity contribution in [3.05, 3.63) is 29.3 Å². The maximum atomic E-state index is 13.6. The van der Waals surface area contributed by atoms with Crippen molar-refractivity contribution in [3.8, 4) is 10.6 Å². The summed E-state index contributed by atoms with van der Waals surface area (Å²) in [7, 11) is 0. The molecule has 3 aromatic rings. The zero-order valence-electron chi connectivity index (χ0n) is 14.2. The molecular formula is C17H14F4N4O2S. The Bertz CT molecular complexity index is 1010. The Morgan fingerprint density at radius 3 is 2.61 bits per heavy atom. The normalized spacial score (nSPS) is 23.8. The summed E-state index contributed by atoms with van der Waals surface area (Å²) in [6, 6.07) is 2.17. The number of anilines is 1. The molecule has 0 radical (unpaired) electrons. The van der Waals surface area contributed by atoms with Crippen LogP contribution in [0.2, 0.25) is 0 Å². The second kappa shape index (κ2) is 6.13. The third-order valence-corrected chi connectivity index (χ3v) is 5.97. The first-order chi connectivity index (χ1) is 13.3. The molecule has 3 aliphatic rings. The van der Waals surface area contributed by atoms with E-state index in [1.165, 1.54) is 29.7 Å². The number of piperidine rings is 1. The highest BCUT2D eigenvalue weighted by Crippen LogP contribution is 2.41. The van der Waals surface area contributed by atoms with Crippen LogP contribution in [0.4, 0.5) is 23.7 Å². The molecule has 0 aliphatic carbocycles. The van der Waals surface area contributed by atoms with E-state index in [1.807, 2.05) is 0 Å². The lowest BCUT2D eigenvalue weighted by Crippen LogP contribution is -2.65. The summed E-state index contributed by atoms with van der Waals surface area (Å²) < 4.78 is 58.6. The lowest BCUT2D eigenvalue weighted by atomic mass is 9.91. The number of hydrogen-bond donors (Lipinski definition) is 1. The van der Waals surface area contributed by atoms with Crippen LogP contribution >= 0.6 is 11.3 Å². The molecule has 6 rings (SSSR count). The summed E-state index contributed by atoms with van der Waals surface area (Å²) >= 11 is 1.24. The minimum atomic E-state index is -4.81. The lowest BCUT2D eigenvalue weighted by molar-refractivity contribution is -0.206. The van der Waals surface area contributed by atoms with Gasteiger partial charge in [-0.15, -0.1) is 20.9 Å². The Balaban J connectivity index is 1.60. The highest BCUT2D eigenvalue weighted by atomic mass is 32.1. The Hall–Kier alpha value is -2.24. The van der Waals surface area contributed by atoms with E-state index in [-0.39, 0.29) is 29.2 Å². The highest BCUT2D eigenvalue weighted by molar-refractivity contribution is 7.13. The fourth-order valence-corrected chi connectivity index (χ4v) is 4.41. The van der Waals surface area contributed by atoms with E-state index in [0.717, 1.165) is 11.5 Å². The number of halogens is 4. The molecule has 0 amide bonds. The molecule has 28 heavy (non-hydrogen) atoms. The Morgan fingerprint density at radius 2 is 2.00 bits per heavy atom. The predicted molar refractivity (Wildman–Crippen MR) is 93.5 cm³/mol. The average Bonchev–Trinajstić information content (AvgIpc) is 3.35. The molecule has 0 spiro atoms. The molecule has 3 fully saturated rings. The van der Waals surface area contributed by atoms with Gasteiger partial charge in [0.15, 0.2) is 11.7 Å². The summed E-state index contributed by atoms with van der Waals surface area (Å²) in [6.07, 6.45) is -5.15. The minimum absolute atomic E-state index is 0.192. The van der Waals surface area contributed by atoms with Crippen molar-refractivity contribution in [1.29, 1.82) is 0 Å². The number of fused-ring (bicyclic) bond motifs is 3. The summed E-state index contributed by atoms with van der Waals surface area (Å²) in [5.41, 5.74) is 0.483. The number of aliphatic hydroxyl groups excluding tert-OH is 1.